The highest BCUT2D eigenvalue weighted by atomic mass is 35.5. The number of carbonyl (C=O) groups is 1. The topological polar surface area (TPSA) is 126 Å². The lowest BCUT2D eigenvalue weighted by atomic mass is 9.98. The first-order valence-electron chi connectivity index (χ1n) is 12.2. The number of aromatic nitrogens is 4. The van der Waals surface area contributed by atoms with Gasteiger partial charge in [0, 0.05) is 25.6 Å². The van der Waals surface area contributed by atoms with Crippen molar-refractivity contribution in [1.29, 1.82) is 0 Å². The molecule has 0 aliphatic carbocycles. The fraction of sp³-hybridized carbons (Fsp3) is 0.400. The fourth-order valence-corrected chi connectivity index (χ4v) is 5.50. The molecule has 10 nitrogen and oxygen atoms in total. The molecule has 0 saturated carbocycles. The third-order valence-corrected chi connectivity index (χ3v) is 7.63. The Morgan fingerprint density at radius 2 is 2.16 bits per heavy atom. The second-order valence-corrected chi connectivity index (χ2v) is 10.5. The SMILES string of the molecule is Cc1nnc(CN2CCC(COCc3csc4nc(C(=O)NCc5ccc(F)c(Cl)c5)[nH]c(=O)c34)CC2)o1. The van der Waals surface area contributed by atoms with Gasteiger partial charge in [0.05, 0.1) is 23.6 Å². The average Bonchev–Trinajstić information content (AvgIpc) is 3.51. The van der Waals surface area contributed by atoms with Crippen LogP contribution in [0.1, 0.15) is 46.4 Å². The molecule has 0 spiro atoms. The summed E-state index contributed by atoms with van der Waals surface area (Å²) in [6.07, 6.45) is 2.00. The molecule has 1 saturated heterocycles. The lowest BCUT2D eigenvalue weighted by Crippen LogP contribution is -2.34. The number of nitrogens with one attached hydrogen (secondary N) is 2. The third kappa shape index (κ3) is 6.26. The largest absolute Gasteiger partial charge is 0.424 e. The summed E-state index contributed by atoms with van der Waals surface area (Å²) in [6, 6.07) is 4.18. The van der Waals surface area contributed by atoms with Gasteiger partial charge >= 0.3 is 0 Å². The summed E-state index contributed by atoms with van der Waals surface area (Å²) in [5, 5.41) is 12.8. The number of likely N-dealkylation sites (tertiary alicyclic amines) is 1. The Balaban J connectivity index is 1.12. The molecule has 1 aliphatic heterocycles. The van der Waals surface area contributed by atoms with E-state index in [1.165, 1.54) is 29.5 Å². The van der Waals surface area contributed by atoms with Crippen LogP contribution in [0.5, 0.6) is 0 Å². The minimum atomic E-state index is -0.545. The summed E-state index contributed by atoms with van der Waals surface area (Å²) in [4.78, 5) is 35.0. The van der Waals surface area contributed by atoms with E-state index in [0.717, 1.165) is 31.5 Å². The molecule has 4 aromatic rings. The van der Waals surface area contributed by atoms with Gasteiger partial charge in [-0.2, -0.15) is 0 Å². The predicted molar refractivity (Wildman–Crippen MR) is 140 cm³/mol. The first kappa shape index (κ1) is 26.4. The minimum Gasteiger partial charge on any atom is -0.424 e. The second-order valence-electron chi connectivity index (χ2n) is 9.24. The third-order valence-electron chi connectivity index (χ3n) is 6.42. The van der Waals surface area contributed by atoms with Crippen molar-refractivity contribution in [1.82, 2.24) is 30.4 Å². The van der Waals surface area contributed by atoms with E-state index in [0.29, 0.717) is 53.2 Å². The van der Waals surface area contributed by atoms with Gasteiger partial charge in [0.15, 0.2) is 0 Å². The van der Waals surface area contributed by atoms with Crippen LogP contribution in [-0.2, 0) is 24.4 Å². The molecule has 200 valence electrons. The standard InChI is InChI=1S/C25H26ClFN6O4S/c1-14-31-32-20(37-14)10-33-6-4-15(5-7-33)11-36-12-17-13-38-25-21(17)23(34)29-22(30-25)24(35)28-9-16-2-3-19(27)18(26)8-16/h2-3,8,13,15H,4-7,9-12H2,1H3,(H,28,35)(H,29,30,34). The van der Waals surface area contributed by atoms with Crippen LogP contribution in [0.3, 0.4) is 0 Å². The zero-order valence-electron chi connectivity index (χ0n) is 20.6. The van der Waals surface area contributed by atoms with E-state index >= 15 is 0 Å². The molecule has 0 atom stereocenters. The molecule has 0 unspecified atom stereocenters. The van der Waals surface area contributed by atoms with Gasteiger partial charge in [-0.3, -0.25) is 14.5 Å². The number of fused-ring (bicyclic) bond motifs is 1. The molecule has 38 heavy (non-hydrogen) atoms. The van der Waals surface area contributed by atoms with Crippen molar-refractivity contribution < 1.29 is 18.3 Å². The van der Waals surface area contributed by atoms with Crippen LogP contribution in [-0.4, -0.2) is 50.7 Å². The molecular weight excluding hydrogens is 535 g/mol. The van der Waals surface area contributed by atoms with Crippen molar-refractivity contribution in [3.05, 3.63) is 73.5 Å². The van der Waals surface area contributed by atoms with E-state index in [1.807, 2.05) is 5.38 Å². The lowest BCUT2D eigenvalue weighted by molar-refractivity contribution is 0.0550. The number of nitrogens with zero attached hydrogens (tertiary/aromatic N) is 4. The Morgan fingerprint density at radius 3 is 2.89 bits per heavy atom. The number of H-pyrrole nitrogens is 1. The molecule has 4 heterocycles. The summed E-state index contributed by atoms with van der Waals surface area (Å²) in [5.74, 6) is 0.476. The molecule has 0 radical (unpaired) electrons. The number of benzene rings is 1. The molecule has 3 aromatic heterocycles. The number of aryl methyl sites for hydroxylation is 1. The lowest BCUT2D eigenvalue weighted by Gasteiger charge is -2.30. The van der Waals surface area contributed by atoms with E-state index in [1.54, 1.807) is 6.92 Å². The highest BCUT2D eigenvalue weighted by Crippen LogP contribution is 2.24. The van der Waals surface area contributed by atoms with Crippen LogP contribution < -0.4 is 10.9 Å². The molecular formula is C25H26ClFN6O4S. The summed E-state index contributed by atoms with van der Waals surface area (Å²) in [5.41, 5.74) is 0.974. The quantitative estimate of drug-likeness (QED) is 0.316. The number of piperidine rings is 1. The van der Waals surface area contributed by atoms with E-state index < -0.39 is 17.3 Å². The van der Waals surface area contributed by atoms with Crippen LogP contribution in [0.25, 0.3) is 10.2 Å². The number of hydrogen-bond acceptors (Lipinski definition) is 9. The van der Waals surface area contributed by atoms with Crippen LogP contribution in [0.15, 0.2) is 32.8 Å². The number of amides is 1. The summed E-state index contributed by atoms with van der Waals surface area (Å²) >= 11 is 7.07. The Morgan fingerprint density at radius 1 is 1.34 bits per heavy atom. The van der Waals surface area contributed by atoms with Crippen molar-refractivity contribution in [3.8, 4) is 0 Å². The summed E-state index contributed by atoms with van der Waals surface area (Å²) in [7, 11) is 0. The molecule has 0 bridgehead atoms. The van der Waals surface area contributed by atoms with Crippen molar-refractivity contribution in [2.75, 3.05) is 19.7 Å². The van der Waals surface area contributed by atoms with Gasteiger partial charge in [0.2, 0.25) is 17.6 Å². The summed E-state index contributed by atoms with van der Waals surface area (Å²) < 4.78 is 24.8. The maximum absolute atomic E-state index is 13.3. The van der Waals surface area contributed by atoms with Crippen molar-refractivity contribution in [2.45, 2.75) is 39.5 Å². The maximum atomic E-state index is 13.3. The van der Waals surface area contributed by atoms with E-state index in [-0.39, 0.29) is 17.4 Å². The number of ether oxygens (including phenoxy) is 1. The average molecular weight is 561 g/mol. The molecule has 2 N–H and O–H groups in total. The Kier molecular flexibility index (Phi) is 8.12. The summed E-state index contributed by atoms with van der Waals surface area (Å²) in [6.45, 7) is 5.31. The molecule has 5 rings (SSSR count). The second kappa shape index (κ2) is 11.7. The number of rotatable bonds is 9. The van der Waals surface area contributed by atoms with Gasteiger partial charge in [0.1, 0.15) is 10.6 Å². The van der Waals surface area contributed by atoms with E-state index in [4.69, 9.17) is 20.8 Å². The molecule has 1 amide bonds. The molecule has 1 aromatic carbocycles. The van der Waals surface area contributed by atoms with E-state index in [2.05, 4.69) is 30.4 Å². The van der Waals surface area contributed by atoms with Crippen molar-refractivity contribution in [3.63, 3.8) is 0 Å². The van der Waals surface area contributed by atoms with Crippen LogP contribution in [0.4, 0.5) is 4.39 Å². The molecule has 13 heteroatoms. The Bertz CT molecular complexity index is 1500. The molecule has 1 aliphatic rings. The van der Waals surface area contributed by atoms with Gasteiger partial charge in [-0.05, 0) is 54.9 Å². The highest BCUT2D eigenvalue weighted by molar-refractivity contribution is 7.16. The van der Waals surface area contributed by atoms with Crippen LogP contribution in [0.2, 0.25) is 5.02 Å². The van der Waals surface area contributed by atoms with Crippen molar-refractivity contribution >= 4 is 39.1 Å². The zero-order chi connectivity index (χ0) is 26.6. The van der Waals surface area contributed by atoms with Gasteiger partial charge < -0.3 is 19.5 Å². The fourth-order valence-electron chi connectivity index (χ4n) is 4.38. The zero-order valence-corrected chi connectivity index (χ0v) is 22.2. The van der Waals surface area contributed by atoms with Crippen LogP contribution >= 0.6 is 22.9 Å². The first-order valence-corrected chi connectivity index (χ1v) is 13.4. The Labute approximate surface area is 226 Å². The first-order chi connectivity index (χ1) is 18.4. The maximum Gasteiger partial charge on any atom is 0.287 e. The molecule has 1 fully saturated rings. The minimum absolute atomic E-state index is 0.0288. The number of carbonyl (C=O) groups excluding carboxylic acids is 1. The normalized spacial score (nSPS) is 14.8. The monoisotopic (exact) mass is 560 g/mol. The van der Waals surface area contributed by atoms with Gasteiger partial charge in [-0.15, -0.1) is 21.5 Å². The van der Waals surface area contributed by atoms with E-state index in [9.17, 15) is 14.0 Å². The number of thiophene rings is 1. The van der Waals surface area contributed by atoms with Gasteiger partial charge in [-0.25, -0.2) is 9.37 Å². The van der Waals surface area contributed by atoms with Gasteiger partial charge in [-0.1, -0.05) is 17.7 Å². The van der Waals surface area contributed by atoms with Gasteiger partial charge in [0.25, 0.3) is 11.5 Å². The number of halogens is 2. The van der Waals surface area contributed by atoms with Crippen LogP contribution in [0, 0.1) is 18.7 Å². The van der Waals surface area contributed by atoms with Crippen molar-refractivity contribution in [2.24, 2.45) is 5.92 Å². The number of aromatic amines is 1. The smallest absolute Gasteiger partial charge is 0.287 e. The number of hydrogen-bond donors (Lipinski definition) is 2. The Hall–Kier alpha value is -3.19. The predicted octanol–water partition coefficient (Wildman–Crippen LogP) is 3.83. The highest BCUT2D eigenvalue weighted by Gasteiger charge is 2.22.